The van der Waals surface area contributed by atoms with Gasteiger partial charge in [-0.3, -0.25) is 4.79 Å². The third kappa shape index (κ3) is 4.01. The zero-order chi connectivity index (χ0) is 15.4. The van der Waals surface area contributed by atoms with E-state index in [0.717, 1.165) is 18.2 Å². The average Bonchev–Trinajstić information content (AvgIpc) is 2.45. The minimum absolute atomic E-state index is 0.220. The number of halogens is 3. The molecule has 0 aliphatic rings. The fourth-order valence-electron chi connectivity index (χ4n) is 1.61. The summed E-state index contributed by atoms with van der Waals surface area (Å²) < 4.78 is 32.7. The van der Waals surface area contributed by atoms with Gasteiger partial charge in [-0.05, 0) is 47.1 Å². The molecule has 21 heavy (non-hydrogen) atoms. The molecule has 0 bridgehead atoms. The highest BCUT2D eigenvalue weighted by Gasteiger charge is 2.17. The smallest absolute Gasteiger partial charge is 0.265 e. The molecule has 0 unspecified atom stereocenters. The number of hydrogen-bond donors (Lipinski definition) is 1. The second-order valence-corrected chi connectivity index (χ2v) is 5.16. The molecule has 1 amide bonds. The number of benzene rings is 2. The van der Waals surface area contributed by atoms with Gasteiger partial charge in [-0.2, -0.15) is 0 Å². The van der Waals surface area contributed by atoms with Crippen LogP contribution >= 0.6 is 15.9 Å². The summed E-state index contributed by atoms with van der Waals surface area (Å²) in [5, 5.41) is 2.30. The number of anilines is 1. The average molecular weight is 356 g/mol. The van der Waals surface area contributed by atoms with E-state index in [9.17, 15) is 13.6 Å². The van der Waals surface area contributed by atoms with Crippen molar-refractivity contribution in [3.8, 4) is 5.75 Å². The van der Waals surface area contributed by atoms with Gasteiger partial charge in [-0.25, -0.2) is 8.78 Å². The van der Waals surface area contributed by atoms with Crippen molar-refractivity contribution in [2.24, 2.45) is 0 Å². The first-order valence-electron chi connectivity index (χ1n) is 6.14. The Balaban J connectivity index is 2.06. The van der Waals surface area contributed by atoms with E-state index in [0.29, 0.717) is 10.2 Å². The summed E-state index contributed by atoms with van der Waals surface area (Å²) >= 11 is 3.30. The molecule has 1 N–H and O–H groups in total. The van der Waals surface area contributed by atoms with Crippen LogP contribution in [0.3, 0.4) is 0 Å². The van der Waals surface area contributed by atoms with Crippen molar-refractivity contribution in [1.29, 1.82) is 0 Å². The molecule has 2 rings (SSSR count). The van der Waals surface area contributed by atoms with Crippen LogP contribution in [0.2, 0.25) is 0 Å². The first kappa shape index (κ1) is 15.4. The maximum atomic E-state index is 13.5. The standard InChI is InChI=1S/C15H12BrF2NO2/c1-9(21-14-5-3-2-4-11(14)16)15(20)19-13-8-10(17)6-7-12(13)18/h2-9H,1H3,(H,19,20)/t9-/m0/s1. The highest BCUT2D eigenvalue weighted by atomic mass is 79.9. The molecule has 3 nitrogen and oxygen atoms in total. The zero-order valence-electron chi connectivity index (χ0n) is 11.1. The van der Waals surface area contributed by atoms with Gasteiger partial charge in [0.1, 0.15) is 17.4 Å². The van der Waals surface area contributed by atoms with Crippen LogP contribution in [0.5, 0.6) is 5.75 Å². The van der Waals surface area contributed by atoms with E-state index in [2.05, 4.69) is 21.2 Å². The van der Waals surface area contributed by atoms with Crippen LogP contribution in [0, 0.1) is 11.6 Å². The summed E-state index contributed by atoms with van der Waals surface area (Å²) in [7, 11) is 0. The van der Waals surface area contributed by atoms with E-state index in [-0.39, 0.29) is 5.69 Å². The van der Waals surface area contributed by atoms with Gasteiger partial charge in [0.15, 0.2) is 6.10 Å². The largest absolute Gasteiger partial charge is 0.480 e. The van der Waals surface area contributed by atoms with Crippen LogP contribution in [0.25, 0.3) is 0 Å². The number of carbonyl (C=O) groups excluding carboxylic acids is 1. The van der Waals surface area contributed by atoms with E-state index in [1.54, 1.807) is 18.2 Å². The third-order valence-corrected chi connectivity index (χ3v) is 3.35. The topological polar surface area (TPSA) is 38.3 Å². The first-order valence-corrected chi connectivity index (χ1v) is 6.94. The molecular formula is C15H12BrF2NO2. The lowest BCUT2D eigenvalue weighted by molar-refractivity contribution is -0.122. The van der Waals surface area contributed by atoms with Crippen LogP contribution < -0.4 is 10.1 Å². The summed E-state index contributed by atoms with van der Waals surface area (Å²) in [6.45, 7) is 1.52. The highest BCUT2D eigenvalue weighted by Crippen LogP contribution is 2.25. The fourth-order valence-corrected chi connectivity index (χ4v) is 1.99. The minimum atomic E-state index is -0.869. The van der Waals surface area contributed by atoms with Crippen LogP contribution in [0.1, 0.15) is 6.92 Å². The van der Waals surface area contributed by atoms with Crippen molar-refractivity contribution in [2.75, 3.05) is 5.32 Å². The van der Waals surface area contributed by atoms with E-state index >= 15 is 0 Å². The molecule has 0 saturated carbocycles. The molecule has 0 aromatic heterocycles. The molecule has 0 fully saturated rings. The second-order valence-electron chi connectivity index (χ2n) is 4.30. The van der Waals surface area contributed by atoms with Crippen molar-refractivity contribution >= 4 is 27.5 Å². The quantitative estimate of drug-likeness (QED) is 0.895. The van der Waals surface area contributed by atoms with Crippen LogP contribution in [-0.4, -0.2) is 12.0 Å². The summed E-state index contributed by atoms with van der Waals surface area (Å²) in [5.41, 5.74) is -0.220. The van der Waals surface area contributed by atoms with Gasteiger partial charge < -0.3 is 10.1 Å². The van der Waals surface area contributed by atoms with Crippen molar-refractivity contribution in [3.05, 3.63) is 58.6 Å². The maximum absolute atomic E-state index is 13.5. The second kappa shape index (κ2) is 6.67. The Kier molecular flexibility index (Phi) is 4.90. The molecule has 0 spiro atoms. The molecule has 0 heterocycles. The molecule has 0 saturated heterocycles. The number of rotatable bonds is 4. The van der Waals surface area contributed by atoms with Crippen molar-refractivity contribution in [2.45, 2.75) is 13.0 Å². The number of ether oxygens (including phenoxy) is 1. The highest BCUT2D eigenvalue weighted by molar-refractivity contribution is 9.10. The predicted octanol–water partition coefficient (Wildman–Crippen LogP) is 4.13. The Bertz CT molecular complexity index is 664. The summed E-state index contributed by atoms with van der Waals surface area (Å²) in [6.07, 6.45) is -0.869. The van der Waals surface area contributed by atoms with Gasteiger partial charge in [0.25, 0.3) is 5.91 Å². The van der Waals surface area contributed by atoms with Gasteiger partial charge in [-0.15, -0.1) is 0 Å². The number of amides is 1. The number of para-hydroxylation sites is 1. The molecule has 0 radical (unpaired) electrons. The minimum Gasteiger partial charge on any atom is -0.480 e. The number of carbonyl (C=O) groups is 1. The van der Waals surface area contributed by atoms with Gasteiger partial charge in [-0.1, -0.05) is 12.1 Å². The Labute approximate surface area is 129 Å². The van der Waals surface area contributed by atoms with E-state index in [1.807, 2.05) is 6.07 Å². The molecule has 6 heteroatoms. The number of nitrogens with one attached hydrogen (secondary N) is 1. The Morgan fingerprint density at radius 3 is 2.67 bits per heavy atom. The molecule has 110 valence electrons. The molecule has 2 aromatic rings. The van der Waals surface area contributed by atoms with Crippen molar-refractivity contribution in [1.82, 2.24) is 0 Å². The van der Waals surface area contributed by atoms with Gasteiger partial charge in [0.2, 0.25) is 0 Å². The summed E-state index contributed by atoms with van der Waals surface area (Å²) in [4.78, 5) is 12.0. The lowest BCUT2D eigenvalue weighted by Gasteiger charge is -2.16. The summed E-state index contributed by atoms with van der Waals surface area (Å²) in [6, 6.07) is 9.87. The monoisotopic (exact) mass is 355 g/mol. The van der Waals surface area contributed by atoms with Crippen LogP contribution in [-0.2, 0) is 4.79 Å². The molecule has 0 aliphatic heterocycles. The van der Waals surface area contributed by atoms with Gasteiger partial charge in [0, 0.05) is 6.07 Å². The van der Waals surface area contributed by atoms with Gasteiger partial charge in [0.05, 0.1) is 10.2 Å². The van der Waals surface area contributed by atoms with E-state index < -0.39 is 23.6 Å². The molecule has 1 atom stereocenters. The Hall–Kier alpha value is -1.95. The predicted molar refractivity (Wildman–Crippen MR) is 79.2 cm³/mol. The lowest BCUT2D eigenvalue weighted by Crippen LogP contribution is -2.30. The maximum Gasteiger partial charge on any atom is 0.265 e. The van der Waals surface area contributed by atoms with Crippen molar-refractivity contribution in [3.63, 3.8) is 0 Å². The normalized spacial score (nSPS) is 11.8. The lowest BCUT2D eigenvalue weighted by atomic mass is 10.2. The number of hydrogen-bond acceptors (Lipinski definition) is 2. The zero-order valence-corrected chi connectivity index (χ0v) is 12.7. The van der Waals surface area contributed by atoms with E-state index in [4.69, 9.17) is 4.74 Å². The molecular weight excluding hydrogens is 344 g/mol. The Morgan fingerprint density at radius 1 is 1.24 bits per heavy atom. The Morgan fingerprint density at radius 2 is 1.95 bits per heavy atom. The van der Waals surface area contributed by atoms with Crippen LogP contribution in [0.4, 0.5) is 14.5 Å². The third-order valence-electron chi connectivity index (χ3n) is 2.70. The molecule has 2 aromatic carbocycles. The fraction of sp³-hybridized carbons (Fsp3) is 0.133. The first-order chi connectivity index (χ1) is 9.97. The van der Waals surface area contributed by atoms with Crippen molar-refractivity contribution < 1.29 is 18.3 Å². The molecule has 0 aliphatic carbocycles. The SMILES string of the molecule is C[C@H](Oc1ccccc1Br)C(=O)Nc1cc(F)ccc1F. The van der Waals surface area contributed by atoms with Gasteiger partial charge >= 0.3 is 0 Å². The summed E-state index contributed by atoms with van der Waals surface area (Å²) in [5.74, 6) is -1.43. The van der Waals surface area contributed by atoms with E-state index in [1.165, 1.54) is 6.92 Å². The van der Waals surface area contributed by atoms with Crippen LogP contribution in [0.15, 0.2) is 46.9 Å².